The predicted molar refractivity (Wildman–Crippen MR) is 95.6 cm³/mol. The van der Waals surface area contributed by atoms with Gasteiger partial charge in [0.25, 0.3) is 0 Å². The summed E-state index contributed by atoms with van der Waals surface area (Å²) in [5.74, 6) is 0.468. The topological polar surface area (TPSA) is 73.2 Å². The van der Waals surface area contributed by atoms with Crippen LogP contribution in [0.4, 0.5) is 5.69 Å². The first kappa shape index (κ1) is 18.1. The Morgan fingerprint density at radius 1 is 1.25 bits per heavy atom. The van der Waals surface area contributed by atoms with Crippen molar-refractivity contribution in [1.29, 1.82) is 0 Å². The number of carbonyl (C=O) groups excluding carboxylic acids is 2. The van der Waals surface area contributed by atoms with Crippen molar-refractivity contribution in [3.05, 3.63) is 41.7 Å². The minimum Gasteiger partial charge on any atom is -0.469 e. The van der Waals surface area contributed by atoms with Crippen molar-refractivity contribution in [1.82, 2.24) is 9.78 Å². The third-order valence-electron chi connectivity index (χ3n) is 3.47. The molecule has 1 heterocycles. The molecular formula is C17H21N3O3S. The van der Waals surface area contributed by atoms with E-state index in [1.54, 1.807) is 0 Å². The second-order valence-corrected chi connectivity index (χ2v) is 6.33. The van der Waals surface area contributed by atoms with Gasteiger partial charge in [-0.05, 0) is 26.0 Å². The second-order valence-electron chi connectivity index (χ2n) is 5.22. The smallest absolute Gasteiger partial charge is 0.306 e. The molecule has 0 aliphatic heterocycles. The van der Waals surface area contributed by atoms with Crippen molar-refractivity contribution in [2.24, 2.45) is 0 Å². The van der Waals surface area contributed by atoms with Crippen molar-refractivity contribution in [3.63, 3.8) is 0 Å². The zero-order valence-electron chi connectivity index (χ0n) is 14.0. The Kier molecular flexibility index (Phi) is 6.43. The number of rotatable bonds is 7. The summed E-state index contributed by atoms with van der Waals surface area (Å²) in [5, 5.41) is 7.41. The van der Waals surface area contributed by atoms with Gasteiger partial charge in [-0.3, -0.25) is 9.59 Å². The van der Waals surface area contributed by atoms with Crippen molar-refractivity contribution in [2.45, 2.75) is 20.3 Å². The number of methoxy groups -OCH3 is 1. The van der Waals surface area contributed by atoms with E-state index in [-0.39, 0.29) is 17.6 Å². The van der Waals surface area contributed by atoms with Crippen LogP contribution in [0.15, 0.2) is 30.3 Å². The Morgan fingerprint density at radius 3 is 2.62 bits per heavy atom. The normalized spacial score (nSPS) is 10.5. The van der Waals surface area contributed by atoms with Crippen LogP contribution in [0.25, 0.3) is 5.69 Å². The minimum atomic E-state index is -0.265. The van der Waals surface area contributed by atoms with Crippen molar-refractivity contribution in [2.75, 3.05) is 23.9 Å². The molecule has 24 heavy (non-hydrogen) atoms. The van der Waals surface area contributed by atoms with E-state index in [2.05, 4.69) is 15.2 Å². The van der Waals surface area contributed by atoms with Crippen LogP contribution in [-0.4, -0.2) is 40.3 Å². The first-order valence-electron chi connectivity index (χ1n) is 7.59. The Hall–Kier alpha value is -2.28. The lowest BCUT2D eigenvalue weighted by molar-refractivity contribution is -0.140. The zero-order valence-corrected chi connectivity index (χ0v) is 14.9. The molecule has 0 spiro atoms. The molecule has 1 aromatic carbocycles. The number of amides is 1. The number of hydrogen-bond donors (Lipinski definition) is 1. The van der Waals surface area contributed by atoms with Crippen LogP contribution >= 0.6 is 11.8 Å². The largest absolute Gasteiger partial charge is 0.469 e. The second kappa shape index (κ2) is 8.54. The van der Waals surface area contributed by atoms with E-state index in [9.17, 15) is 9.59 Å². The molecule has 0 bridgehead atoms. The summed E-state index contributed by atoms with van der Waals surface area (Å²) < 4.78 is 6.38. The summed E-state index contributed by atoms with van der Waals surface area (Å²) in [4.78, 5) is 23.1. The summed E-state index contributed by atoms with van der Waals surface area (Å²) in [7, 11) is 1.36. The minimum absolute atomic E-state index is 0.108. The van der Waals surface area contributed by atoms with E-state index >= 15 is 0 Å². The molecule has 0 aliphatic rings. The molecule has 0 unspecified atom stereocenters. The van der Waals surface area contributed by atoms with Crippen LogP contribution in [0.2, 0.25) is 0 Å². The van der Waals surface area contributed by atoms with Crippen molar-refractivity contribution >= 4 is 29.3 Å². The molecule has 0 fully saturated rings. The number of aryl methyl sites for hydroxylation is 1. The molecule has 0 atom stereocenters. The number of nitrogens with zero attached hydrogens (tertiary/aromatic N) is 2. The van der Waals surface area contributed by atoms with Gasteiger partial charge in [0.15, 0.2) is 0 Å². The number of benzene rings is 1. The Morgan fingerprint density at radius 2 is 1.96 bits per heavy atom. The first-order chi connectivity index (χ1) is 11.5. The number of aromatic nitrogens is 2. The standard InChI is InChI=1S/C17H21N3O3S/c1-12-17(18-15(21)11-24-10-9-16(22)23-3)13(2)20(19-12)14-7-5-4-6-8-14/h4-8H,9-11H2,1-3H3,(H,18,21). The number of thioether (sulfide) groups is 1. The van der Waals surface area contributed by atoms with Gasteiger partial charge in [0.05, 0.1) is 42.0 Å². The maximum atomic E-state index is 12.1. The molecule has 0 radical (unpaired) electrons. The molecule has 2 rings (SSSR count). The molecule has 2 aromatic rings. The van der Waals surface area contributed by atoms with Crippen LogP contribution < -0.4 is 5.32 Å². The third-order valence-corrected chi connectivity index (χ3v) is 4.43. The van der Waals surface area contributed by atoms with Crippen LogP contribution in [0.3, 0.4) is 0 Å². The fourth-order valence-electron chi connectivity index (χ4n) is 2.24. The van der Waals surface area contributed by atoms with Crippen molar-refractivity contribution < 1.29 is 14.3 Å². The van der Waals surface area contributed by atoms with Crippen LogP contribution in [0.1, 0.15) is 17.8 Å². The van der Waals surface area contributed by atoms with E-state index in [0.717, 1.165) is 22.8 Å². The highest BCUT2D eigenvalue weighted by molar-refractivity contribution is 7.99. The molecule has 7 heteroatoms. The molecule has 6 nitrogen and oxygen atoms in total. The summed E-state index contributed by atoms with van der Waals surface area (Å²) in [6.45, 7) is 3.79. The fraction of sp³-hybridized carbons (Fsp3) is 0.353. The molecule has 1 amide bonds. The number of anilines is 1. The monoisotopic (exact) mass is 347 g/mol. The van der Waals surface area contributed by atoms with Gasteiger partial charge in [0, 0.05) is 5.75 Å². The number of esters is 1. The van der Waals surface area contributed by atoms with E-state index in [4.69, 9.17) is 0 Å². The quantitative estimate of drug-likeness (QED) is 0.616. The highest BCUT2D eigenvalue weighted by atomic mass is 32.2. The first-order valence-corrected chi connectivity index (χ1v) is 8.74. The van der Waals surface area contributed by atoms with Gasteiger partial charge in [-0.1, -0.05) is 18.2 Å². The van der Waals surface area contributed by atoms with Gasteiger partial charge in [-0.2, -0.15) is 16.9 Å². The van der Waals surface area contributed by atoms with Crippen LogP contribution in [0, 0.1) is 13.8 Å². The molecule has 128 valence electrons. The van der Waals surface area contributed by atoms with E-state index < -0.39 is 0 Å². The Balaban J connectivity index is 1.96. The fourth-order valence-corrected chi connectivity index (χ4v) is 2.96. The average molecular weight is 347 g/mol. The zero-order chi connectivity index (χ0) is 17.5. The molecule has 0 aliphatic carbocycles. The van der Waals surface area contributed by atoms with E-state index in [1.165, 1.54) is 18.9 Å². The number of nitrogens with one attached hydrogen (secondary N) is 1. The maximum absolute atomic E-state index is 12.1. The SMILES string of the molecule is COC(=O)CCSCC(=O)Nc1c(C)nn(-c2ccccc2)c1C. The highest BCUT2D eigenvalue weighted by Gasteiger charge is 2.15. The summed E-state index contributed by atoms with van der Waals surface area (Å²) >= 11 is 1.40. The van der Waals surface area contributed by atoms with Crippen LogP contribution in [-0.2, 0) is 14.3 Å². The van der Waals surface area contributed by atoms with Gasteiger partial charge >= 0.3 is 5.97 Å². The molecule has 0 saturated carbocycles. The lowest BCUT2D eigenvalue weighted by Gasteiger charge is -2.07. The van der Waals surface area contributed by atoms with E-state index in [0.29, 0.717) is 12.2 Å². The van der Waals surface area contributed by atoms with Crippen LogP contribution in [0.5, 0.6) is 0 Å². The number of para-hydroxylation sites is 1. The van der Waals surface area contributed by atoms with Crippen molar-refractivity contribution in [3.8, 4) is 5.69 Å². The number of carbonyl (C=O) groups is 2. The summed E-state index contributed by atoms with van der Waals surface area (Å²) in [6.07, 6.45) is 0.304. The lowest BCUT2D eigenvalue weighted by atomic mass is 10.3. The van der Waals surface area contributed by atoms with Gasteiger partial charge in [-0.15, -0.1) is 0 Å². The number of hydrogen-bond acceptors (Lipinski definition) is 5. The molecule has 0 saturated heterocycles. The average Bonchev–Trinajstić information content (AvgIpc) is 2.87. The maximum Gasteiger partial charge on any atom is 0.306 e. The Labute approximate surface area is 145 Å². The predicted octanol–water partition coefficient (Wildman–Crippen LogP) is 2.72. The van der Waals surface area contributed by atoms with Gasteiger partial charge < -0.3 is 10.1 Å². The van der Waals surface area contributed by atoms with Gasteiger partial charge in [-0.25, -0.2) is 4.68 Å². The summed E-state index contributed by atoms with van der Waals surface area (Å²) in [5.41, 5.74) is 3.33. The Bertz CT molecular complexity index is 713. The molecular weight excluding hydrogens is 326 g/mol. The van der Waals surface area contributed by atoms with E-state index in [1.807, 2.05) is 48.9 Å². The third kappa shape index (κ3) is 4.61. The number of ether oxygens (including phenoxy) is 1. The molecule has 1 aromatic heterocycles. The molecule has 1 N–H and O–H groups in total. The van der Waals surface area contributed by atoms with Gasteiger partial charge in [0.2, 0.25) is 5.91 Å². The lowest BCUT2D eigenvalue weighted by Crippen LogP contribution is -2.16. The highest BCUT2D eigenvalue weighted by Crippen LogP contribution is 2.23. The summed E-state index contributed by atoms with van der Waals surface area (Å²) in [6, 6.07) is 9.77. The van der Waals surface area contributed by atoms with Gasteiger partial charge in [0.1, 0.15) is 0 Å².